The van der Waals surface area contributed by atoms with E-state index in [4.69, 9.17) is 5.73 Å². The molecule has 2 N–H and O–H groups in total. The number of hydrogen-bond acceptors (Lipinski definition) is 3. The average Bonchev–Trinajstić information content (AvgIpc) is 2.61. The maximum absolute atomic E-state index is 12.4. The Kier molecular flexibility index (Phi) is 8.39. The molecule has 0 bridgehead atoms. The zero-order chi connectivity index (χ0) is 17.7. The molecule has 1 heterocycles. The molecule has 0 aromatic heterocycles. The summed E-state index contributed by atoms with van der Waals surface area (Å²) in [5.74, 6) is 0.311. The van der Waals surface area contributed by atoms with Crippen molar-refractivity contribution in [2.45, 2.75) is 39.7 Å². The van der Waals surface area contributed by atoms with Crippen LogP contribution < -0.4 is 5.73 Å². The van der Waals surface area contributed by atoms with Gasteiger partial charge in [0.1, 0.15) is 0 Å². The molecule has 5 nitrogen and oxygen atoms in total. The van der Waals surface area contributed by atoms with Crippen LogP contribution in [0, 0.1) is 12.8 Å². The fourth-order valence-corrected chi connectivity index (χ4v) is 2.88. The number of carbonyl (C=O) groups excluding carboxylic acids is 2. The maximum Gasteiger partial charge on any atom is 0.239 e. The number of benzene rings is 1. The van der Waals surface area contributed by atoms with Crippen LogP contribution in [0.1, 0.15) is 31.4 Å². The van der Waals surface area contributed by atoms with Crippen LogP contribution in [-0.2, 0) is 16.0 Å². The molecule has 2 unspecified atom stereocenters. The van der Waals surface area contributed by atoms with E-state index in [0.717, 1.165) is 12.0 Å². The van der Waals surface area contributed by atoms with Crippen molar-refractivity contribution in [3.63, 3.8) is 0 Å². The highest BCUT2D eigenvalue weighted by Crippen LogP contribution is 2.12. The molecule has 2 rings (SSSR count). The second-order valence-corrected chi connectivity index (χ2v) is 6.78. The predicted molar refractivity (Wildman–Crippen MR) is 103 cm³/mol. The zero-order valence-corrected chi connectivity index (χ0v) is 16.2. The van der Waals surface area contributed by atoms with E-state index in [1.807, 2.05) is 49.9 Å². The van der Waals surface area contributed by atoms with Crippen LogP contribution >= 0.6 is 12.4 Å². The highest BCUT2D eigenvalue weighted by Gasteiger charge is 2.29. The summed E-state index contributed by atoms with van der Waals surface area (Å²) < 4.78 is 0. The Morgan fingerprint density at radius 3 is 2.12 bits per heavy atom. The maximum atomic E-state index is 12.4. The summed E-state index contributed by atoms with van der Waals surface area (Å²) in [6, 6.07) is 7.60. The van der Waals surface area contributed by atoms with E-state index in [0.29, 0.717) is 32.6 Å². The van der Waals surface area contributed by atoms with Gasteiger partial charge < -0.3 is 15.5 Å². The number of aryl methyl sites for hydroxylation is 1. The minimum absolute atomic E-state index is 0. The first-order chi connectivity index (χ1) is 11.4. The van der Waals surface area contributed by atoms with E-state index >= 15 is 0 Å². The number of nitrogens with zero attached hydrogens (tertiary/aromatic N) is 2. The van der Waals surface area contributed by atoms with E-state index < -0.39 is 6.04 Å². The molecule has 2 amide bonds. The van der Waals surface area contributed by atoms with Gasteiger partial charge >= 0.3 is 0 Å². The van der Waals surface area contributed by atoms with Crippen molar-refractivity contribution >= 4 is 24.2 Å². The molecule has 0 radical (unpaired) electrons. The third kappa shape index (κ3) is 5.72. The number of amides is 2. The number of nitrogens with two attached hydrogens (primary N) is 1. The monoisotopic (exact) mass is 367 g/mol. The standard InChI is InChI=1S/C19H29N3O2.ClH/c1-4-15(3)18(20)19(24)22-11-9-21(10-12-22)17(23)13-16-7-5-14(2)6-8-16;/h5-8,15,18H,4,9-13,20H2,1-3H3;1H. The molecule has 0 aliphatic carbocycles. The molecule has 0 saturated carbocycles. The molecule has 2 atom stereocenters. The van der Waals surface area contributed by atoms with Gasteiger partial charge in [0.2, 0.25) is 11.8 Å². The quantitative estimate of drug-likeness (QED) is 0.865. The van der Waals surface area contributed by atoms with E-state index in [1.165, 1.54) is 5.56 Å². The third-order valence-corrected chi connectivity index (χ3v) is 4.96. The second kappa shape index (κ2) is 9.78. The van der Waals surface area contributed by atoms with Gasteiger partial charge in [-0.1, -0.05) is 50.1 Å². The first kappa shape index (κ1) is 21.5. The van der Waals surface area contributed by atoms with Crippen molar-refractivity contribution < 1.29 is 9.59 Å². The van der Waals surface area contributed by atoms with Gasteiger partial charge in [0.05, 0.1) is 12.5 Å². The number of rotatable bonds is 5. The van der Waals surface area contributed by atoms with Gasteiger partial charge in [0, 0.05) is 26.2 Å². The lowest BCUT2D eigenvalue weighted by atomic mass is 9.98. The minimum atomic E-state index is -0.440. The number of halogens is 1. The van der Waals surface area contributed by atoms with Gasteiger partial charge in [0.25, 0.3) is 0 Å². The lowest BCUT2D eigenvalue weighted by Crippen LogP contribution is -2.55. The Labute approximate surface area is 157 Å². The van der Waals surface area contributed by atoms with Crippen LogP contribution in [0.2, 0.25) is 0 Å². The molecule has 25 heavy (non-hydrogen) atoms. The molecular formula is C19H30ClN3O2. The molecule has 1 saturated heterocycles. The van der Waals surface area contributed by atoms with Crippen molar-refractivity contribution in [1.82, 2.24) is 9.80 Å². The van der Waals surface area contributed by atoms with Gasteiger partial charge in [-0.3, -0.25) is 9.59 Å². The molecular weight excluding hydrogens is 338 g/mol. The summed E-state index contributed by atoms with van der Waals surface area (Å²) in [5, 5.41) is 0. The summed E-state index contributed by atoms with van der Waals surface area (Å²) in [6.45, 7) is 8.40. The topological polar surface area (TPSA) is 66.6 Å². The normalized spacial score (nSPS) is 16.8. The van der Waals surface area contributed by atoms with Crippen molar-refractivity contribution in [2.24, 2.45) is 11.7 Å². The van der Waals surface area contributed by atoms with Crippen LogP contribution in [0.5, 0.6) is 0 Å². The molecule has 1 fully saturated rings. The lowest BCUT2D eigenvalue weighted by Gasteiger charge is -2.36. The van der Waals surface area contributed by atoms with E-state index in [9.17, 15) is 9.59 Å². The van der Waals surface area contributed by atoms with Crippen molar-refractivity contribution in [3.05, 3.63) is 35.4 Å². The largest absolute Gasteiger partial charge is 0.339 e. The van der Waals surface area contributed by atoms with Gasteiger partial charge in [-0.05, 0) is 18.4 Å². The Bertz CT molecular complexity index is 569. The summed E-state index contributed by atoms with van der Waals surface area (Å²) in [7, 11) is 0. The van der Waals surface area contributed by atoms with E-state index in [-0.39, 0.29) is 30.1 Å². The zero-order valence-electron chi connectivity index (χ0n) is 15.4. The fourth-order valence-electron chi connectivity index (χ4n) is 2.88. The van der Waals surface area contributed by atoms with Crippen LogP contribution in [0.15, 0.2) is 24.3 Å². The third-order valence-electron chi connectivity index (χ3n) is 4.96. The van der Waals surface area contributed by atoms with E-state index in [1.54, 1.807) is 4.90 Å². The lowest BCUT2D eigenvalue weighted by molar-refractivity contribution is -0.140. The second-order valence-electron chi connectivity index (χ2n) is 6.78. The van der Waals surface area contributed by atoms with Crippen LogP contribution in [0.3, 0.4) is 0 Å². The Balaban J connectivity index is 0.00000312. The SMILES string of the molecule is CCC(C)C(N)C(=O)N1CCN(C(=O)Cc2ccc(C)cc2)CC1.Cl. The molecule has 1 aromatic rings. The van der Waals surface area contributed by atoms with E-state index in [2.05, 4.69) is 0 Å². The van der Waals surface area contributed by atoms with Gasteiger partial charge in [-0.15, -0.1) is 12.4 Å². The van der Waals surface area contributed by atoms with Crippen molar-refractivity contribution in [1.29, 1.82) is 0 Å². The fraction of sp³-hybridized carbons (Fsp3) is 0.579. The van der Waals surface area contributed by atoms with Gasteiger partial charge in [0.15, 0.2) is 0 Å². The Hall–Kier alpha value is -1.59. The summed E-state index contributed by atoms with van der Waals surface area (Å²) in [6.07, 6.45) is 1.31. The van der Waals surface area contributed by atoms with Crippen LogP contribution in [-0.4, -0.2) is 53.8 Å². The summed E-state index contributed by atoms with van der Waals surface area (Å²) in [4.78, 5) is 28.5. The number of carbonyl (C=O) groups is 2. The summed E-state index contributed by atoms with van der Waals surface area (Å²) in [5.41, 5.74) is 8.26. The molecule has 6 heteroatoms. The highest BCUT2D eigenvalue weighted by molar-refractivity contribution is 5.85. The predicted octanol–water partition coefficient (Wildman–Crippen LogP) is 2.00. The molecule has 140 valence electrons. The first-order valence-electron chi connectivity index (χ1n) is 8.80. The van der Waals surface area contributed by atoms with Crippen molar-refractivity contribution in [2.75, 3.05) is 26.2 Å². The Morgan fingerprint density at radius 1 is 1.08 bits per heavy atom. The average molecular weight is 368 g/mol. The highest BCUT2D eigenvalue weighted by atomic mass is 35.5. The molecule has 1 aromatic carbocycles. The Morgan fingerprint density at radius 2 is 1.60 bits per heavy atom. The van der Waals surface area contributed by atoms with Crippen molar-refractivity contribution in [3.8, 4) is 0 Å². The first-order valence-corrected chi connectivity index (χ1v) is 8.80. The molecule has 1 aliphatic heterocycles. The minimum Gasteiger partial charge on any atom is -0.339 e. The molecule has 0 spiro atoms. The number of piperazine rings is 1. The van der Waals surface area contributed by atoms with Gasteiger partial charge in [-0.25, -0.2) is 0 Å². The number of hydrogen-bond donors (Lipinski definition) is 1. The van der Waals surface area contributed by atoms with Gasteiger partial charge in [-0.2, -0.15) is 0 Å². The molecule has 1 aliphatic rings. The summed E-state index contributed by atoms with van der Waals surface area (Å²) >= 11 is 0. The smallest absolute Gasteiger partial charge is 0.239 e. The van der Waals surface area contributed by atoms with Crippen LogP contribution in [0.25, 0.3) is 0 Å². The van der Waals surface area contributed by atoms with Crippen LogP contribution in [0.4, 0.5) is 0 Å².